The first-order chi connectivity index (χ1) is 27.3. The fraction of sp³-hybridized carbons (Fsp3) is 0.250. The summed E-state index contributed by atoms with van der Waals surface area (Å²) in [4.78, 5) is 33.0. The lowest BCUT2D eigenvalue weighted by atomic mass is 10.00. The van der Waals surface area contributed by atoms with Gasteiger partial charge in [-0.25, -0.2) is 13.1 Å². The summed E-state index contributed by atoms with van der Waals surface area (Å²) >= 11 is 1.56. The zero-order chi connectivity index (χ0) is 40.6. The number of nitrogens with zero attached hydrogens (tertiary/aromatic N) is 4. The second-order valence-electron chi connectivity index (χ2n) is 13.0. The summed E-state index contributed by atoms with van der Waals surface area (Å²) in [7, 11) is -4.46. The molecule has 6 rings (SSSR count). The number of aromatic nitrogens is 1. The second-order valence-corrected chi connectivity index (χ2v) is 15.9. The maximum absolute atomic E-state index is 13.9. The van der Waals surface area contributed by atoms with Crippen LogP contribution in [0.4, 0.5) is 30.2 Å². The van der Waals surface area contributed by atoms with Crippen molar-refractivity contribution in [1.29, 1.82) is 0 Å². The van der Waals surface area contributed by atoms with Gasteiger partial charge in [-0.05, 0) is 90.8 Å². The molecule has 0 aliphatic carbocycles. The quantitative estimate of drug-likeness (QED) is 0.0463. The van der Waals surface area contributed by atoms with Gasteiger partial charge in [0, 0.05) is 79.0 Å². The van der Waals surface area contributed by atoms with Crippen LogP contribution in [0.5, 0.6) is 5.75 Å². The number of rotatable bonds is 15. The summed E-state index contributed by atoms with van der Waals surface area (Å²) in [5, 5.41) is 14.8. The van der Waals surface area contributed by atoms with Crippen molar-refractivity contribution in [3.05, 3.63) is 136 Å². The highest BCUT2D eigenvalue weighted by atomic mass is 32.2. The maximum atomic E-state index is 13.9. The zero-order valence-corrected chi connectivity index (χ0v) is 32.4. The van der Waals surface area contributed by atoms with E-state index in [9.17, 15) is 36.5 Å². The Morgan fingerprint density at radius 1 is 0.930 bits per heavy atom. The molecule has 2 N–H and O–H groups in total. The molecule has 1 fully saturated rings. The van der Waals surface area contributed by atoms with Gasteiger partial charge in [-0.3, -0.25) is 24.8 Å². The number of amides is 1. The van der Waals surface area contributed by atoms with Crippen LogP contribution in [0.1, 0.15) is 28.4 Å². The summed E-state index contributed by atoms with van der Waals surface area (Å²) in [5.41, 5.74) is 1.22. The van der Waals surface area contributed by atoms with E-state index in [-0.39, 0.29) is 11.3 Å². The molecule has 57 heavy (non-hydrogen) atoms. The van der Waals surface area contributed by atoms with Crippen LogP contribution >= 0.6 is 11.8 Å². The molecule has 1 aliphatic rings. The number of hydrogen-bond donors (Lipinski definition) is 2. The first kappa shape index (κ1) is 41.0. The number of anilines is 2. The van der Waals surface area contributed by atoms with Crippen LogP contribution in [0.2, 0.25) is 0 Å². The van der Waals surface area contributed by atoms with E-state index in [0.717, 1.165) is 22.7 Å². The van der Waals surface area contributed by atoms with Gasteiger partial charge in [-0.15, -0.1) is 11.8 Å². The number of carbonyl (C=O) groups excluding carboxylic acids is 1. The minimum atomic E-state index is -4.53. The first-order valence-corrected chi connectivity index (χ1v) is 20.4. The largest absolute Gasteiger partial charge is 0.492 e. The molecule has 2 heterocycles. The lowest BCUT2D eigenvalue weighted by molar-refractivity contribution is -0.384. The number of benzene rings is 4. The number of ether oxygens (including phenoxy) is 1. The monoisotopic (exact) mass is 820 g/mol. The number of pyridine rings is 1. The van der Waals surface area contributed by atoms with E-state index in [2.05, 4.69) is 20.1 Å². The van der Waals surface area contributed by atoms with Crippen molar-refractivity contribution in [1.82, 2.24) is 14.6 Å². The summed E-state index contributed by atoms with van der Waals surface area (Å²) in [6.45, 7) is 5.12. The molecule has 1 amide bonds. The Morgan fingerprint density at radius 3 is 2.35 bits per heavy atom. The number of nitro groups is 1. The van der Waals surface area contributed by atoms with Gasteiger partial charge in [0.15, 0.2) is 0 Å². The molecule has 0 atom stereocenters. The zero-order valence-electron chi connectivity index (χ0n) is 30.7. The normalized spacial score (nSPS) is 13.6. The standard InChI is InChI=1S/C40H39F3N6O6S2/c1-2-55-34-23-31(25-44-26-34)30-20-28(21-32(22-30)40(41,42)43)27-47-15-17-48(18-16-47)33-10-8-29(9-11-33)39(50)46-57(53,54)36-12-13-37(38(24-36)49(51)52)45-14-19-56-35-6-4-3-5-7-35/h3-13,20-26,45H,2,14-19,27H2,1H3,(H,46,50). The fourth-order valence-electron chi connectivity index (χ4n) is 6.27. The molecule has 1 aromatic heterocycles. The van der Waals surface area contributed by atoms with Crippen LogP contribution in [0.25, 0.3) is 11.1 Å². The topological polar surface area (TPSA) is 147 Å². The predicted molar refractivity (Wildman–Crippen MR) is 213 cm³/mol. The molecule has 12 nitrogen and oxygen atoms in total. The number of sulfonamides is 1. The van der Waals surface area contributed by atoms with Crippen molar-refractivity contribution in [2.75, 3.05) is 55.3 Å². The van der Waals surface area contributed by atoms with E-state index in [1.807, 2.05) is 42.0 Å². The molecule has 1 aliphatic heterocycles. The summed E-state index contributed by atoms with van der Waals surface area (Å²) in [6.07, 6.45) is -1.51. The number of nitrogens with one attached hydrogen (secondary N) is 2. The highest BCUT2D eigenvalue weighted by molar-refractivity contribution is 7.99. The Balaban J connectivity index is 1.04. The Kier molecular flexibility index (Phi) is 13.0. The molecule has 0 unspecified atom stereocenters. The summed E-state index contributed by atoms with van der Waals surface area (Å²) in [6, 6.07) is 25.1. The predicted octanol–water partition coefficient (Wildman–Crippen LogP) is 7.72. The Bertz CT molecular complexity index is 2310. The molecule has 0 spiro atoms. The van der Waals surface area contributed by atoms with Crippen LogP contribution in [0.15, 0.2) is 119 Å². The van der Waals surface area contributed by atoms with Gasteiger partial charge in [-0.1, -0.05) is 18.2 Å². The van der Waals surface area contributed by atoms with E-state index in [1.54, 1.807) is 36.0 Å². The molecule has 17 heteroatoms. The van der Waals surface area contributed by atoms with Crippen molar-refractivity contribution in [3.63, 3.8) is 0 Å². The van der Waals surface area contributed by atoms with E-state index in [0.29, 0.717) is 74.1 Å². The van der Waals surface area contributed by atoms with Crippen LogP contribution in [0.3, 0.4) is 0 Å². The van der Waals surface area contributed by atoms with E-state index < -0.39 is 43.2 Å². The Morgan fingerprint density at radius 2 is 1.67 bits per heavy atom. The first-order valence-electron chi connectivity index (χ1n) is 17.9. The summed E-state index contributed by atoms with van der Waals surface area (Å²) in [5.74, 6) is 0.174. The van der Waals surface area contributed by atoms with Gasteiger partial charge in [0.25, 0.3) is 21.6 Å². The lowest BCUT2D eigenvalue weighted by Gasteiger charge is -2.36. The molecular weight excluding hydrogens is 782 g/mol. The maximum Gasteiger partial charge on any atom is 0.416 e. The number of piperazine rings is 1. The SMILES string of the molecule is CCOc1cncc(-c2cc(CN3CCN(c4ccc(C(=O)NS(=O)(=O)c5ccc(NCCSc6ccccc6)c([N+](=O)[O-])c5)cc4)CC3)cc(C(F)(F)F)c2)c1. The minimum absolute atomic E-state index is 0.0620. The van der Waals surface area contributed by atoms with Crippen molar-refractivity contribution < 1.29 is 36.0 Å². The number of hydrogen-bond acceptors (Lipinski definition) is 11. The van der Waals surface area contributed by atoms with Crippen molar-refractivity contribution >= 4 is 44.8 Å². The van der Waals surface area contributed by atoms with Crippen molar-refractivity contribution in [2.24, 2.45) is 0 Å². The Hall–Kier alpha value is -5.65. The highest BCUT2D eigenvalue weighted by Crippen LogP contribution is 2.35. The number of thioether (sulfide) groups is 1. The molecule has 0 saturated carbocycles. The molecule has 4 aromatic carbocycles. The third-order valence-corrected chi connectivity index (χ3v) is 11.4. The molecule has 5 aromatic rings. The van der Waals surface area contributed by atoms with Crippen LogP contribution in [0, 0.1) is 10.1 Å². The average molecular weight is 821 g/mol. The number of carbonyl (C=O) groups is 1. The van der Waals surface area contributed by atoms with Gasteiger partial charge in [-0.2, -0.15) is 13.2 Å². The summed E-state index contributed by atoms with van der Waals surface area (Å²) < 4.78 is 75.5. The van der Waals surface area contributed by atoms with Gasteiger partial charge in [0.05, 0.1) is 28.2 Å². The smallest absolute Gasteiger partial charge is 0.416 e. The molecule has 1 saturated heterocycles. The van der Waals surface area contributed by atoms with Gasteiger partial charge < -0.3 is 15.0 Å². The van der Waals surface area contributed by atoms with Gasteiger partial charge in [0.2, 0.25) is 0 Å². The molecule has 0 bridgehead atoms. The van der Waals surface area contributed by atoms with E-state index in [1.165, 1.54) is 42.7 Å². The number of alkyl halides is 3. The highest BCUT2D eigenvalue weighted by Gasteiger charge is 2.32. The van der Waals surface area contributed by atoms with Crippen LogP contribution < -0.4 is 19.7 Å². The third kappa shape index (κ3) is 10.8. The average Bonchev–Trinajstić information content (AvgIpc) is 3.20. The number of nitro benzene ring substituents is 1. The van der Waals surface area contributed by atoms with E-state index in [4.69, 9.17) is 4.74 Å². The molecule has 0 radical (unpaired) electrons. The second kappa shape index (κ2) is 18.1. The molecular formula is C40H39F3N6O6S2. The lowest BCUT2D eigenvalue weighted by Crippen LogP contribution is -2.46. The van der Waals surface area contributed by atoms with Crippen molar-refractivity contribution in [3.8, 4) is 16.9 Å². The Labute approximate surface area is 332 Å². The molecule has 298 valence electrons. The van der Waals surface area contributed by atoms with Crippen LogP contribution in [-0.2, 0) is 22.7 Å². The fourth-order valence-corrected chi connectivity index (χ4v) is 8.06. The van der Waals surface area contributed by atoms with Crippen molar-refractivity contribution in [2.45, 2.75) is 29.4 Å². The number of halogens is 3. The van der Waals surface area contributed by atoms with Crippen LogP contribution in [-0.4, -0.2) is 74.2 Å². The van der Waals surface area contributed by atoms with Gasteiger partial charge >= 0.3 is 6.18 Å². The van der Waals surface area contributed by atoms with Gasteiger partial charge in [0.1, 0.15) is 11.4 Å². The third-order valence-electron chi connectivity index (χ3n) is 9.08. The minimum Gasteiger partial charge on any atom is -0.492 e. The van der Waals surface area contributed by atoms with E-state index >= 15 is 0 Å².